The summed E-state index contributed by atoms with van der Waals surface area (Å²) in [6, 6.07) is 3.13. The van der Waals surface area contributed by atoms with Gasteiger partial charge in [-0.05, 0) is 37.0 Å². The molecule has 1 atom stereocenters. The minimum absolute atomic E-state index is 0.0469. The van der Waals surface area contributed by atoms with Gasteiger partial charge >= 0.3 is 0 Å². The number of sulfonamides is 1. The van der Waals surface area contributed by atoms with Crippen molar-refractivity contribution in [3.05, 3.63) is 18.2 Å². The summed E-state index contributed by atoms with van der Waals surface area (Å²) in [5.74, 6) is -0.741. The molecule has 1 aliphatic rings. The second kappa shape index (κ2) is 6.86. The van der Waals surface area contributed by atoms with Crippen LogP contribution in [0.15, 0.2) is 23.1 Å². The van der Waals surface area contributed by atoms with Crippen LogP contribution in [0.4, 0.5) is 5.69 Å². The van der Waals surface area contributed by atoms with E-state index in [2.05, 4.69) is 5.32 Å². The van der Waals surface area contributed by atoms with Gasteiger partial charge in [-0.25, -0.2) is 8.42 Å². The van der Waals surface area contributed by atoms with E-state index in [1.165, 1.54) is 22.5 Å². The van der Waals surface area contributed by atoms with Crippen molar-refractivity contribution in [1.29, 1.82) is 0 Å². The van der Waals surface area contributed by atoms with Crippen LogP contribution in [-0.4, -0.2) is 42.9 Å². The second-order valence-corrected chi connectivity index (χ2v) is 7.99. The molecule has 0 radical (unpaired) electrons. The number of nitrogens with two attached hydrogens (primary N) is 1. The van der Waals surface area contributed by atoms with Crippen molar-refractivity contribution in [3.8, 4) is 5.75 Å². The Morgan fingerprint density at radius 1 is 1.30 bits per heavy atom. The van der Waals surface area contributed by atoms with Gasteiger partial charge in [-0.3, -0.25) is 4.79 Å². The smallest absolute Gasteiger partial charge is 0.243 e. The molecule has 1 aromatic rings. The Morgan fingerprint density at radius 2 is 1.91 bits per heavy atom. The number of nitrogens with zero attached hydrogens (tertiary/aromatic N) is 1. The van der Waals surface area contributed by atoms with Gasteiger partial charge in [0.05, 0.1) is 16.6 Å². The highest BCUT2D eigenvalue weighted by Gasteiger charge is 2.28. The summed E-state index contributed by atoms with van der Waals surface area (Å²) in [6.07, 6.45) is 1.67. The molecule has 0 aromatic heterocycles. The molecule has 1 aromatic carbocycles. The van der Waals surface area contributed by atoms with Crippen LogP contribution in [0, 0.1) is 5.92 Å². The van der Waals surface area contributed by atoms with Crippen molar-refractivity contribution in [1.82, 2.24) is 4.31 Å². The standard InChI is InChI=1S/C15H23N3O4S/c1-10(2)14(16)15(20)17-12-9-11(5-6-13(12)19)23(21,22)18-7-3-4-8-18/h5-6,9-10,14,19H,3-4,7-8,16H2,1-2H3,(H,17,20)/t14-/m0/s1. The second-order valence-electron chi connectivity index (χ2n) is 6.05. The number of hydrogen-bond acceptors (Lipinski definition) is 5. The summed E-state index contributed by atoms with van der Waals surface area (Å²) in [7, 11) is -3.61. The lowest BCUT2D eigenvalue weighted by Gasteiger charge is -2.18. The number of rotatable bonds is 5. The zero-order valence-corrected chi connectivity index (χ0v) is 14.1. The van der Waals surface area contributed by atoms with E-state index >= 15 is 0 Å². The highest BCUT2D eigenvalue weighted by atomic mass is 32.2. The number of nitrogens with one attached hydrogen (secondary N) is 1. The molecule has 128 valence electrons. The topological polar surface area (TPSA) is 113 Å². The van der Waals surface area contributed by atoms with E-state index in [4.69, 9.17) is 5.73 Å². The molecule has 1 aliphatic heterocycles. The Labute approximate surface area is 136 Å². The number of amides is 1. The van der Waals surface area contributed by atoms with E-state index in [0.717, 1.165) is 12.8 Å². The lowest BCUT2D eigenvalue weighted by atomic mass is 10.0. The van der Waals surface area contributed by atoms with Crippen molar-refractivity contribution in [2.75, 3.05) is 18.4 Å². The molecule has 8 heteroatoms. The van der Waals surface area contributed by atoms with Gasteiger partial charge in [-0.2, -0.15) is 4.31 Å². The quantitative estimate of drug-likeness (QED) is 0.694. The highest BCUT2D eigenvalue weighted by molar-refractivity contribution is 7.89. The van der Waals surface area contributed by atoms with E-state index in [-0.39, 0.29) is 22.3 Å². The predicted octanol–water partition coefficient (Wildman–Crippen LogP) is 1.10. The molecule has 0 spiro atoms. The monoisotopic (exact) mass is 341 g/mol. The zero-order chi connectivity index (χ0) is 17.2. The summed E-state index contributed by atoms with van der Waals surface area (Å²) < 4.78 is 26.5. The Morgan fingerprint density at radius 3 is 2.48 bits per heavy atom. The fourth-order valence-electron chi connectivity index (χ4n) is 2.37. The molecule has 1 heterocycles. The van der Waals surface area contributed by atoms with E-state index in [1.54, 1.807) is 13.8 Å². The Bertz CT molecular complexity index is 682. The molecule has 1 saturated heterocycles. The SMILES string of the molecule is CC(C)[C@H](N)C(=O)Nc1cc(S(=O)(=O)N2CCCC2)ccc1O. The molecule has 7 nitrogen and oxygen atoms in total. The van der Waals surface area contributed by atoms with Gasteiger partial charge in [-0.15, -0.1) is 0 Å². The van der Waals surface area contributed by atoms with Gasteiger partial charge in [0.15, 0.2) is 0 Å². The Balaban J connectivity index is 2.27. The average molecular weight is 341 g/mol. The van der Waals surface area contributed by atoms with Crippen LogP contribution in [0.25, 0.3) is 0 Å². The van der Waals surface area contributed by atoms with Crippen molar-refractivity contribution in [2.45, 2.75) is 37.6 Å². The van der Waals surface area contributed by atoms with Gasteiger partial charge in [-0.1, -0.05) is 13.8 Å². The Hall–Kier alpha value is -1.64. The van der Waals surface area contributed by atoms with Crippen LogP contribution in [0.1, 0.15) is 26.7 Å². The highest BCUT2D eigenvalue weighted by Crippen LogP contribution is 2.29. The number of hydrogen-bond donors (Lipinski definition) is 3. The Kier molecular flexibility index (Phi) is 5.28. The van der Waals surface area contributed by atoms with E-state index in [0.29, 0.717) is 13.1 Å². The first kappa shape index (κ1) is 17.7. The predicted molar refractivity (Wildman–Crippen MR) is 87.5 cm³/mol. The molecule has 4 N–H and O–H groups in total. The van der Waals surface area contributed by atoms with Gasteiger partial charge in [0.25, 0.3) is 0 Å². The largest absolute Gasteiger partial charge is 0.506 e. The van der Waals surface area contributed by atoms with E-state index in [1.807, 2.05) is 0 Å². The summed E-state index contributed by atoms with van der Waals surface area (Å²) >= 11 is 0. The molecule has 0 aliphatic carbocycles. The van der Waals surface area contributed by atoms with Crippen molar-refractivity contribution < 1.29 is 18.3 Å². The molecule has 0 bridgehead atoms. The maximum absolute atomic E-state index is 12.5. The number of carbonyl (C=O) groups is 1. The van der Waals surface area contributed by atoms with E-state index < -0.39 is 22.0 Å². The first-order valence-electron chi connectivity index (χ1n) is 7.63. The first-order chi connectivity index (χ1) is 10.7. The van der Waals surface area contributed by atoms with Gasteiger partial charge in [0.2, 0.25) is 15.9 Å². The molecular formula is C15H23N3O4S. The fraction of sp³-hybridized carbons (Fsp3) is 0.533. The van der Waals surface area contributed by atoms with Crippen LogP contribution in [0.3, 0.4) is 0 Å². The number of benzene rings is 1. The third kappa shape index (κ3) is 3.82. The molecule has 1 amide bonds. The normalized spacial score (nSPS) is 17.4. The number of anilines is 1. The number of phenols is 1. The van der Waals surface area contributed by atoms with Crippen LogP contribution in [-0.2, 0) is 14.8 Å². The van der Waals surface area contributed by atoms with Crippen LogP contribution in [0.2, 0.25) is 0 Å². The molecular weight excluding hydrogens is 318 g/mol. The first-order valence-corrected chi connectivity index (χ1v) is 9.07. The minimum Gasteiger partial charge on any atom is -0.506 e. The zero-order valence-electron chi connectivity index (χ0n) is 13.3. The third-order valence-corrected chi connectivity index (χ3v) is 5.84. The number of phenolic OH excluding ortho intramolecular Hbond substituents is 1. The summed E-state index contributed by atoms with van der Waals surface area (Å²) in [4.78, 5) is 12.1. The van der Waals surface area contributed by atoms with Crippen molar-refractivity contribution in [2.24, 2.45) is 11.7 Å². The molecule has 1 fully saturated rings. The fourth-order valence-corrected chi connectivity index (χ4v) is 3.92. The van der Waals surface area contributed by atoms with Crippen molar-refractivity contribution >= 4 is 21.6 Å². The lowest BCUT2D eigenvalue weighted by Crippen LogP contribution is -2.39. The van der Waals surface area contributed by atoms with E-state index in [9.17, 15) is 18.3 Å². The molecule has 23 heavy (non-hydrogen) atoms. The average Bonchev–Trinajstić information content (AvgIpc) is 3.03. The maximum Gasteiger partial charge on any atom is 0.243 e. The van der Waals surface area contributed by atoms with Crippen LogP contribution >= 0.6 is 0 Å². The van der Waals surface area contributed by atoms with Gasteiger partial charge in [0.1, 0.15) is 5.75 Å². The number of aromatic hydroxyl groups is 1. The third-order valence-electron chi connectivity index (χ3n) is 3.95. The maximum atomic E-state index is 12.5. The molecule has 2 rings (SSSR count). The summed E-state index contributed by atoms with van der Waals surface area (Å²) in [5, 5.41) is 12.4. The van der Waals surface area contributed by atoms with Gasteiger partial charge < -0.3 is 16.2 Å². The minimum atomic E-state index is -3.61. The molecule has 0 saturated carbocycles. The van der Waals surface area contributed by atoms with Crippen LogP contribution in [0.5, 0.6) is 5.75 Å². The number of carbonyl (C=O) groups excluding carboxylic acids is 1. The van der Waals surface area contributed by atoms with Crippen molar-refractivity contribution in [3.63, 3.8) is 0 Å². The lowest BCUT2D eigenvalue weighted by molar-refractivity contribution is -0.118. The molecule has 0 unspecified atom stereocenters. The summed E-state index contributed by atoms with van der Waals surface area (Å²) in [5.41, 5.74) is 5.81. The van der Waals surface area contributed by atoms with Gasteiger partial charge in [0, 0.05) is 13.1 Å². The summed E-state index contributed by atoms with van der Waals surface area (Å²) in [6.45, 7) is 4.59. The van der Waals surface area contributed by atoms with Crippen LogP contribution < -0.4 is 11.1 Å².